The molecule has 0 spiro atoms. The van der Waals surface area contributed by atoms with E-state index in [0.29, 0.717) is 62.7 Å². The molecule has 0 aromatic rings. The Labute approximate surface area is 356 Å². The summed E-state index contributed by atoms with van der Waals surface area (Å²) in [6.45, 7) is 11.2. The minimum atomic E-state index is -2.51. The molecule has 0 aromatic carbocycles. The number of aliphatic hydroxyl groups excluding tert-OH is 1. The highest BCUT2D eigenvalue weighted by atomic mass is 17.2. The van der Waals surface area contributed by atoms with E-state index in [0.717, 1.165) is 5.57 Å². The Morgan fingerprint density at radius 1 is 1.00 bits per heavy atom. The Bertz CT molecular complexity index is 1580. The third-order valence-corrected chi connectivity index (χ3v) is 13.2. The number of piperidine rings is 1. The van der Waals surface area contributed by atoms with Gasteiger partial charge in [-0.1, -0.05) is 45.4 Å². The van der Waals surface area contributed by atoms with Gasteiger partial charge < -0.3 is 44.2 Å². The number of hydrogen-bond donors (Lipinski definition) is 3. The molecular formula is C45H71N3O12. The SMILES string of the molecule is CC[C@@H]1/C=C(\C)C[C@H](C)C[C@H](OC)[C@H]2O[C@@](O)(C(=O)C(=O)N3CCCC[C@H]3C(=O)O[C@H](/C(C)=C/[C@@H]3CC[C@@H](O)[C@H](OC)C3)[C@H](C)[C@@H](OOCC#N)CC1=N)[C@H](C)C[C@@H]2OC. The zero-order chi connectivity index (χ0) is 44.3. The summed E-state index contributed by atoms with van der Waals surface area (Å²) in [7, 11) is 4.65. The van der Waals surface area contributed by atoms with Crippen LogP contribution in [0.25, 0.3) is 0 Å². The summed E-state index contributed by atoms with van der Waals surface area (Å²) < 4.78 is 30.1. The van der Waals surface area contributed by atoms with Crippen molar-refractivity contribution < 1.29 is 58.1 Å². The van der Waals surface area contributed by atoms with Crippen LogP contribution in [0.5, 0.6) is 0 Å². The monoisotopic (exact) mass is 846 g/mol. The summed E-state index contributed by atoms with van der Waals surface area (Å²) >= 11 is 0. The zero-order valence-corrected chi connectivity index (χ0v) is 37.2. The number of hydrogen-bond acceptors (Lipinski definition) is 14. The Kier molecular flexibility index (Phi) is 18.9. The summed E-state index contributed by atoms with van der Waals surface area (Å²) in [5, 5.41) is 41.2. The largest absolute Gasteiger partial charge is 0.456 e. The van der Waals surface area contributed by atoms with Crippen LogP contribution in [0.3, 0.4) is 0 Å². The van der Waals surface area contributed by atoms with Crippen molar-refractivity contribution in [3.8, 4) is 6.07 Å². The zero-order valence-electron chi connectivity index (χ0n) is 37.2. The fourth-order valence-corrected chi connectivity index (χ4v) is 9.69. The molecule has 15 heteroatoms. The molecule has 1 amide bonds. The molecular weight excluding hydrogens is 775 g/mol. The highest BCUT2D eigenvalue weighted by Crippen LogP contribution is 2.39. The molecule has 1 aliphatic carbocycles. The van der Waals surface area contributed by atoms with Crippen molar-refractivity contribution in [1.82, 2.24) is 4.90 Å². The Morgan fingerprint density at radius 2 is 1.68 bits per heavy atom. The number of carbonyl (C=O) groups is 3. The average molecular weight is 846 g/mol. The van der Waals surface area contributed by atoms with Crippen LogP contribution >= 0.6 is 0 Å². The van der Waals surface area contributed by atoms with E-state index >= 15 is 0 Å². The maximum atomic E-state index is 14.5. The molecule has 60 heavy (non-hydrogen) atoms. The Balaban J connectivity index is 1.82. The highest BCUT2D eigenvalue weighted by Gasteiger charge is 2.56. The number of cyclic esters (lactones) is 1. The fourth-order valence-electron chi connectivity index (χ4n) is 9.69. The van der Waals surface area contributed by atoms with Crippen molar-refractivity contribution in [2.75, 3.05) is 34.5 Å². The molecule has 3 aliphatic heterocycles. The van der Waals surface area contributed by atoms with Gasteiger partial charge in [0.15, 0.2) is 6.61 Å². The summed E-state index contributed by atoms with van der Waals surface area (Å²) in [6.07, 6.45) is 4.56. The van der Waals surface area contributed by atoms with Gasteiger partial charge in [0.25, 0.3) is 11.7 Å². The van der Waals surface area contributed by atoms with Crippen molar-refractivity contribution >= 4 is 23.4 Å². The quantitative estimate of drug-likeness (QED) is 0.0664. The van der Waals surface area contributed by atoms with Crippen molar-refractivity contribution in [2.24, 2.45) is 29.6 Å². The number of carbonyl (C=O) groups excluding carboxylic acids is 3. The third-order valence-electron chi connectivity index (χ3n) is 13.2. The molecule has 0 unspecified atom stereocenters. The van der Waals surface area contributed by atoms with Crippen LogP contribution in [0.2, 0.25) is 0 Å². The van der Waals surface area contributed by atoms with Gasteiger partial charge in [0.2, 0.25) is 5.79 Å². The number of ketones is 1. The molecule has 15 nitrogen and oxygen atoms in total. The van der Waals surface area contributed by atoms with E-state index in [-0.39, 0.29) is 56.3 Å². The minimum Gasteiger partial charge on any atom is -0.456 e. The Morgan fingerprint density at radius 3 is 2.33 bits per heavy atom. The first kappa shape index (κ1) is 49.6. The molecule has 3 heterocycles. The second kappa shape index (κ2) is 22.9. The third kappa shape index (κ3) is 12.1. The van der Waals surface area contributed by atoms with Crippen LogP contribution < -0.4 is 0 Å². The number of aliphatic hydroxyl groups is 2. The summed E-state index contributed by atoms with van der Waals surface area (Å²) in [4.78, 5) is 55.6. The van der Waals surface area contributed by atoms with Crippen LogP contribution in [-0.2, 0) is 47.8 Å². The number of ether oxygens (including phenoxy) is 5. The van der Waals surface area contributed by atoms with Crippen LogP contribution in [-0.4, -0.2) is 128 Å². The van der Waals surface area contributed by atoms with Crippen molar-refractivity contribution in [3.63, 3.8) is 0 Å². The standard InChI is InChI=1S/C45H71N3O12/c1-10-32-20-26(2)19-27(3)21-38(55-8)41-39(56-9)23-29(5)45(53,59-41)42(50)43(51)48-17-12-11-13-34(48)44(52)58-40(30(6)36(25-33(32)47)60-57-18-16-46)28(4)22-31-14-15-35(49)37(24-31)54-7/h20,22,27,29-32,34-41,47,49,53H,10-15,17-19,21,23-25H2,1-9H3/b26-20+,28-22+,47-33?/t27-,29+,30+,31-,32+,34-,35+,36-,37+,38-,39-,40+,41+,45+/m0/s1. The number of nitriles is 1. The van der Waals surface area contributed by atoms with Gasteiger partial charge in [-0.15, -0.1) is 0 Å². The number of esters is 1. The van der Waals surface area contributed by atoms with Gasteiger partial charge in [-0.25, -0.2) is 14.6 Å². The minimum absolute atomic E-state index is 0.00952. The molecule has 0 radical (unpaired) electrons. The molecule has 4 rings (SSSR count). The van der Waals surface area contributed by atoms with Crippen LogP contribution in [0.4, 0.5) is 0 Å². The molecule has 4 aliphatic rings. The lowest BCUT2D eigenvalue weighted by Gasteiger charge is -2.47. The average Bonchev–Trinajstić information content (AvgIpc) is 3.23. The lowest BCUT2D eigenvalue weighted by Crippen LogP contribution is -2.64. The van der Waals surface area contributed by atoms with Crippen LogP contribution in [0, 0.1) is 46.3 Å². The smallest absolute Gasteiger partial charge is 0.329 e. The fraction of sp³-hybridized carbons (Fsp3) is 0.800. The predicted molar refractivity (Wildman–Crippen MR) is 221 cm³/mol. The molecule has 338 valence electrons. The topological polar surface area (TPSA) is 207 Å². The number of nitrogens with one attached hydrogen (secondary N) is 1. The number of rotatable bonds is 9. The second-order valence-electron chi connectivity index (χ2n) is 17.7. The maximum Gasteiger partial charge on any atom is 0.329 e. The van der Waals surface area contributed by atoms with Crippen molar-refractivity contribution in [3.05, 3.63) is 23.3 Å². The van der Waals surface area contributed by atoms with E-state index < -0.39 is 77.9 Å². The van der Waals surface area contributed by atoms with E-state index in [1.54, 1.807) is 21.1 Å². The van der Waals surface area contributed by atoms with Gasteiger partial charge in [0.05, 0.1) is 30.5 Å². The normalized spacial score (nSPS) is 39.4. The van der Waals surface area contributed by atoms with E-state index in [4.69, 9.17) is 33.5 Å². The predicted octanol–water partition coefficient (Wildman–Crippen LogP) is 5.40. The van der Waals surface area contributed by atoms with Gasteiger partial charge in [0.1, 0.15) is 24.4 Å². The molecule has 2 saturated heterocycles. The summed E-state index contributed by atoms with van der Waals surface area (Å²) in [6, 6.07) is 0.776. The van der Waals surface area contributed by atoms with E-state index in [1.807, 2.05) is 39.8 Å². The van der Waals surface area contributed by atoms with Gasteiger partial charge in [-0.2, -0.15) is 5.26 Å². The van der Waals surface area contributed by atoms with Gasteiger partial charge in [-0.05, 0) is 95.5 Å². The van der Waals surface area contributed by atoms with E-state index in [2.05, 4.69) is 13.0 Å². The van der Waals surface area contributed by atoms with Crippen LogP contribution in [0.15, 0.2) is 23.3 Å². The van der Waals surface area contributed by atoms with Gasteiger partial charge in [0, 0.05) is 57.8 Å². The van der Waals surface area contributed by atoms with Crippen molar-refractivity contribution in [2.45, 2.75) is 167 Å². The van der Waals surface area contributed by atoms with Crippen LogP contribution in [0.1, 0.15) is 112 Å². The summed E-state index contributed by atoms with van der Waals surface area (Å²) in [5.41, 5.74) is 2.13. The number of allylic oxidation sites excluding steroid dienone is 3. The molecule has 3 fully saturated rings. The lowest BCUT2D eigenvalue weighted by molar-refractivity contribution is -0.326. The summed E-state index contributed by atoms with van der Waals surface area (Å²) in [5.74, 6) is -7.11. The number of Topliss-reactive ketones (excluding diaryl/α,β-unsaturated/α-hetero) is 1. The second-order valence-corrected chi connectivity index (χ2v) is 17.7. The number of amides is 1. The van der Waals surface area contributed by atoms with Gasteiger partial charge >= 0.3 is 5.97 Å². The van der Waals surface area contributed by atoms with Gasteiger partial charge in [-0.3, -0.25) is 9.59 Å². The first-order valence-corrected chi connectivity index (χ1v) is 21.8. The molecule has 14 atom stereocenters. The van der Waals surface area contributed by atoms with Crippen molar-refractivity contribution in [1.29, 1.82) is 10.7 Å². The number of nitrogens with zero attached hydrogens (tertiary/aromatic N) is 2. The van der Waals surface area contributed by atoms with E-state index in [9.17, 15) is 35.3 Å². The Hall–Kier alpha value is -3.07. The first-order valence-electron chi connectivity index (χ1n) is 21.8. The first-order chi connectivity index (χ1) is 28.5. The highest BCUT2D eigenvalue weighted by molar-refractivity contribution is 6.39. The molecule has 1 saturated carbocycles. The molecule has 3 N–H and O–H groups in total. The molecule has 0 aromatic heterocycles. The lowest BCUT2D eigenvalue weighted by atomic mass is 9.81. The number of methoxy groups -OCH3 is 3. The maximum absolute atomic E-state index is 14.5. The molecule has 2 bridgehead atoms. The number of fused-ring (bicyclic) bond motifs is 3. The van der Waals surface area contributed by atoms with E-state index in [1.165, 1.54) is 12.0 Å².